The predicted octanol–water partition coefficient (Wildman–Crippen LogP) is 1.41. The summed E-state index contributed by atoms with van der Waals surface area (Å²) in [4.78, 5) is 19.1. The summed E-state index contributed by atoms with van der Waals surface area (Å²) in [6.07, 6.45) is 6.04. The Morgan fingerprint density at radius 3 is 2.68 bits per heavy atom. The van der Waals surface area contributed by atoms with Crippen LogP contribution in [0.4, 0.5) is 0 Å². The number of nitrogens with two attached hydrogens (primary N) is 1. The molecule has 2 heterocycles. The lowest BCUT2D eigenvalue weighted by molar-refractivity contribution is -0.138. The van der Waals surface area contributed by atoms with Crippen molar-refractivity contribution in [2.75, 3.05) is 13.1 Å². The molecule has 1 aliphatic carbocycles. The van der Waals surface area contributed by atoms with Gasteiger partial charge in [-0.1, -0.05) is 12.8 Å². The van der Waals surface area contributed by atoms with Crippen LogP contribution in [0.25, 0.3) is 0 Å². The summed E-state index contributed by atoms with van der Waals surface area (Å²) in [7, 11) is 0. The molecule has 1 amide bonds. The molecule has 0 spiro atoms. The Morgan fingerprint density at radius 2 is 2.05 bits per heavy atom. The fraction of sp³-hybridized carbons (Fsp3) is 0.812. The van der Waals surface area contributed by atoms with Gasteiger partial charge in [-0.2, -0.15) is 5.10 Å². The van der Waals surface area contributed by atoms with Crippen LogP contribution in [0.3, 0.4) is 0 Å². The monoisotopic (exact) mass is 305 g/mol. The van der Waals surface area contributed by atoms with E-state index in [1.807, 2.05) is 23.4 Å². The molecule has 6 heteroatoms. The van der Waals surface area contributed by atoms with E-state index in [1.165, 1.54) is 0 Å². The molecule has 1 aromatic rings. The molecule has 0 bridgehead atoms. The number of hydrogen-bond donors (Lipinski definition) is 1. The van der Waals surface area contributed by atoms with Gasteiger partial charge in [-0.25, -0.2) is 9.67 Å². The number of hydrogen-bond acceptors (Lipinski definition) is 4. The van der Waals surface area contributed by atoms with Gasteiger partial charge in [0.05, 0.1) is 5.54 Å². The summed E-state index contributed by atoms with van der Waals surface area (Å²) in [6.45, 7) is 6.39. The van der Waals surface area contributed by atoms with Crippen molar-refractivity contribution in [3.8, 4) is 0 Å². The first-order chi connectivity index (χ1) is 10.5. The van der Waals surface area contributed by atoms with E-state index in [9.17, 15) is 4.79 Å². The van der Waals surface area contributed by atoms with E-state index in [-0.39, 0.29) is 5.91 Å². The molecule has 2 N–H and O–H groups in total. The summed E-state index contributed by atoms with van der Waals surface area (Å²) in [6, 6.07) is 0. The first-order valence-corrected chi connectivity index (χ1v) is 8.44. The highest BCUT2D eigenvalue weighted by atomic mass is 16.2. The summed E-state index contributed by atoms with van der Waals surface area (Å²) in [5.41, 5.74) is 5.74. The first-order valence-electron chi connectivity index (χ1n) is 8.44. The van der Waals surface area contributed by atoms with Crippen LogP contribution in [0.1, 0.15) is 50.2 Å². The molecule has 1 unspecified atom stereocenters. The van der Waals surface area contributed by atoms with Crippen LogP contribution in [0.15, 0.2) is 0 Å². The van der Waals surface area contributed by atoms with Crippen molar-refractivity contribution in [2.24, 2.45) is 11.7 Å². The van der Waals surface area contributed by atoms with Gasteiger partial charge in [0.2, 0.25) is 5.91 Å². The topological polar surface area (TPSA) is 77.0 Å². The van der Waals surface area contributed by atoms with Gasteiger partial charge in [0.15, 0.2) is 0 Å². The van der Waals surface area contributed by atoms with Gasteiger partial charge in [0.25, 0.3) is 0 Å². The van der Waals surface area contributed by atoms with Crippen molar-refractivity contribution < 1.29 is 4.79 Å². The summed E-state index contributed by atoms with van der Waals surface area (Å²) < 4.78 is 1.97. The summed E-state index contributed by atoms with van der Waals surface area (Å²) in [5, 5.41) is 4.44. The zero-order valence-electron chi connectivity index (χ0n) is 13.7. The van der Waals surface area contributed by atoms with Gasteiger partial charge >= 0.3 is 0 Å². The van der Waals surface area contributed by atoms with E-state index in [0.29, 0.717) is 5.92 Å². The molecule has 122 valence electrons. The number of carbonyl (C=O) groups excluding carboxylic acids is 1. The molecular formula is C16H27N5O. The second-order valence-corrected chi connectivity index (χ2v) is 7.01. The Labute approximate surface area is 132 Å². The minimum atomic E-state index is -0.596. The number of piperidine rings is 1. The lowest BCUT2D eigenvalue weighted by Crippen LogP contribution is -2.56. The van der Waals surface area contributed by atoms with Crippen LogP contribution in [0.2, 0.25) is 0 Å². The molecule has 1 aromatic heterocycles. The van der Waals surface area contributed by atoms with Gasteiger partial charge < -0.3 is 10.6 Å². The predicted molar refractivity (Wildman–Crippen MR) is 84.2 cm³/mol. The number of rotatable bonds is 3. The van der Waals surface area contributed by atoms with E-state index in [4.69, 9.17) is 5.73 Å². The SMILES string of the molecule is Cc1nc(C)n(CC2CCCN(C(=O)C3(N)CCCC3)C2)n1. The Hall–Kier alpha value is -1.43. The van der Waals surface area contributed by atoms with Crippen molar-refractivity contribution in [2.45, 2.75) is 64.5 Å². The maximum Gasteiger partial charge on any atom is 0.242 e. The molecule has 1 atom stereocenters. The van der Waals surface area contributed by atoms with Gasteiger partial charge in [-0.15, -0.1) is 0 Å². The van der Waals surface area contributed by atoms with Crippen molar-refractivity contribution in [3.05, 3.63) is 11.6 Å². The lowest BCUT2D eigenvalue weighted by atomic mass is 9.92. The maximum absolute atomic E-state index is 12.8. The van der Waals surface area contributed by atoms with Crippen LogP contribution in [0.5, 0.6) is 0 Å². The molecule has 1 aliphatic heterocycles. The molecular weight excluding hydrogens is 278 g/mol. The normalized spacial score (nSPS) is 24.7. The van der Waals surface area contributed by atoms with Gasteiger partial charge in [0, 0.05) is 19.6 Å². The summed E-state index contributed by atoms with van der Waals surface area (Å²) >= 11 is 0. The fourth-order valence-electron chi connectivity index (χ4n) is 3.91. The third kappa shape index (κ3) is 3.02. The number of aryl methyl sites for hydroxylation is 2. The average molecular weight is 305 g/mol. The van der Waals surface area contributed by atoms with Crippen molar-refractivity contribution >= 4 is 5.91 Å². The summed E-state index contributed by atoms with van der Waals surface area (Å²) in [5.74, 6) is 2.38. The molecule has 22 heavy (non-hydrogen) atoms. The number of nitrogens with zero attached hydrogens (tertiary/aromatic N) is 4. The largest absolute Gasteiger partial charge is 0.341 e. The van der Waals surface area contributed by atoms with Crippen LogP contribution in [-0.4, -0.2) is 44.2 Å². The molecule has 1 saturated carbocycles. The van der Waals surface area contributed by atoms with Crippen LogP contribution in [-0.2, 0) is 11.3 Å². The molecule has 2 aliphatic rings. The smallest absolute Gasteiger partial charge is 0.242 e. The van der Waals surface area contributed by atoms with E-state index >= 15 is 0 Å². The zero-order chi connectivity index (χ0) is 15.7. The molecule has 0 radical (unpaired) electrons. The van der Waals surface area contributed by atoms with Crippen LogP contribution < -0.4 is 5.73 Å². The number of carbonyl (C=O) groups is 1. The quantitative estimate of drug-likeness (QED) is 0.916. The molecule has 3 rings (SSSR count). The number of likely N-dealkylation sites (tertiary alicyclic amines) is 1. The van der Waals surface area contributed by atoms with E-state index in [1.54, 1.807) is 0 Å². The molecule has 2 fully saturated rings. The zero-order valence-corrected chi connectivity index (χ0v) is 13.7. The highest BCUT2D eigenvalue weighted by Gasteiger charge is 2.41. The van der Waals surface area contributed by atoms with E-state index in [2.05, 4.69) is 10.1 Å². The van der Waals surface area contributed by atoms with E-state index < -0.39 is 5.54 Å². The molecule has 0 aromatic carbocycles. The first kappa shape index (κ1) is 15.5. The Balaban J connectivity index is 1.64. The van der Waals surface area contributed by atoms with Crippen molar-refractivity contribution in [1.82, 2.24) is 19.7 Å². The van der Waals surface area contributed by atoms with Gasteiger partial charge in [-0.3, -0.25) is 4.79 Å². The molecule has 6 nitrogen and oxygen atoms in total. The third-order valence-electron chi connectivity index (χ3n) is 5.12. The fourth-order valence-corrected chi connectivity index (χ4v) is 3.91. The standard InChI is InChI=1S/C16H27N5O/c1-12-18-13(2)21(19-12)11-14-6-5-9-20(10-14)15(22)16(17)7-3-4-8-16/h14H,3-11,17H2,1-2H3. The number of aromatic nitrogens is 3. The third-order valence-corrected chi connectivity index (χ3v) is 5.12. The van der Waals surface area contributed by atoms with E-state index in [0.717, 1.165) is 69.8 Å². The minimum absolute atomic E-state index is 0.168. The molecule has 1 saturated heterocycles. The highest BCUT2D eigenvalue weighted by Crippen LogP contribution is 2.30. The van der Waals surface area contributed by atoms with Gasteiger partial charge in [-0.05, 0) is 45.4 Å². The second-order valence-electron chi connectivity index (χ2n) is 7.01. The lowest BCUT2D eigenvalue weighted by Gasteiger charge is -2.37. The van der Waals surface area contributed by atoms with Crippen LogP contribution >= 0.6 is 0 Å². The van der Waals surface area contributed by atoms with Crippen molar-refractivity contribution in [1.29, 1.82) is 0 Å². The number of amides is 1. The van der Waals surface area contributed by atoms with Gasteiger partial charge in [0.1, 0.15) is 11.6 Å². The highest BCUT2D eigenvalue weighted by molar-refractivity contribution is 5.86. The average Bonchev–Trinajstić information content (AvgIpc) is 3.06. The van der Waals surface area contributed by atoms with Crippen LogP contribution in [0, 0.1) is 19.8 Å². The minimum Gasteiger partial charge on any atom is -0.341 e. The maximum atomic E-state index is 12.8. The second kappa shape index (κ2) is 5.99. The Morgan fingerprint density at radius 1 is 1.32 bits per heavy atom. The Bertz CT molecular complexity index is 547. The van der Waals surface area contributed by atoms with Crippen molar-refractivity contribution in [3.63, 3.8) is 0 Å². The Kier molecular flexibility index (Phi) is 4.21.